The van der Waals surface area contributed by atoms with Gasteiger partial charge in [0, 0.05) is 53.9 Å². The van der Waals surface area contributed by atoms with Crippen molar-refractivity contribution in [2.24, 2.45) is 10.4 Å². The fourth-order valence-corrected chi connectivity index (χ4v) is 6.57. The molecule has 0 radical (unpaired) electrons. The molecule has 4 aromatic rings. The van der Waals surface area contributed by atoms with E-state index in [0.29, 0.717) is 65.9 Å². The van der Waals surface area contributed by atoms with E-state index in [2.05, 4.69) is 58.4 Å². The van der Waals surface area contributed by atoms with E-state index in [1.54, 1.807) is 31.6 Å². The first-order chi connectivity index (χ1) is 29.0. The number of nitrogens with one attached hydrogen (secondary N) is 3. The number of anilines is 2. The minimum atomic E-state index is -1.28. The van der Waals surface area contributed by atoms with Gasteiger partial charge in [-0.15, -0.1) is 0 Å². The molecule has 60 heavy (non-hydrogen) atoms. The SMILES string of the molecule is C=N/C=C/COCC.CCC.COc1cc2c(Oc3ccc(NC(=O)C4(C(=O)Nc5ccc(F)cc5)CC4)cc3F)ccnc2cc1OCC1(NC2CCN(C)CC2)CC1. The fraction of sp³-hybridized carbons (Fsp3) is 0.435. The van der Waals surface area contributed by atoms with E-state index in [9.17, 15) is 14.0 Å². The molecule has 3 aromatic carbocycles. The first-order valence-corrected chi connectivity index (χ1v) is 20.6. The first kappa shape index (κ1) is 45.6. The number of benzene rings is 3. The number of hydrogen-bond acceptors (Lipinski definition) is 10. The van der Waals surface area contributed by atoms with Gasteiger partial charge in [-0.3, -0.25) is 19.6 Å². The predicted molar refractivity (Wildman–Crippen MR) is 232 cm³/mol. The highest BCUT2D eigenvalue weighted by molar-refractivity contribution is 6.16. The summed E-state index contributed by atoms with van der Waals surface area (Å²) in [6.07, 6.45) is 11.3. The van der Waals surface area contributed by atoms with Gasteiger partial charge in [0.25, 0.3) is 0 Å². The molecule has 2 heterocycles. The van der Waals surface area contributed by atoms with Gasteiger partial charge in [0.05, 0.1) is 24.8 Å². The minimum absolute atomic E-state index is 0.0300. The van der Waals surface area contributed by atoms with Gasteiger partial charge in [0.2, 0.25) is 11.8 Å². The molecule has 0 spiro atoms. The molecular formula is C46H58F2N6O6. The van der Waals surface area contributed by atoms with Gasteiger partial charge < -0.3 is 39.8 Å². The lowest BCUT2D eigenvalue weighted by molar-refractivity contribution is -0.131. The number of ether oxygens (including phenoxy) is 4. The van der Waals surface area contributed by atoms with Crippen LogP contribution in [0.5, 0.6) is 23.0 Å². The van der Waals surface area contributed by atoms with Crippen LogP contribution < -0.4 is 30.2 Å². The number of pyridine rings is 1. The molecule has 1 saturated heterocycles. The molecular weight excluding hydrogens is 771 g/mol. The number of aromatic nitrogens is 1. The van der Waals surface area contributed by atoms with Gasteiger partial charge >= 0.3 is 0 Å². The number of aliphatic imine (C=N–C) groups is 1. The quantitative estimate of drug-likeness (QED) is 0.0575. The van der Waals surface area contributed by atoms with Gasteiger partial charge in [0.15, 0.2) is 23.1 Å². The van der Waals surface area contributed by atoms with Gasteiger partial charge in [-0.1, -0.05) is 20.3 Å². The summed E-state index contributed by atoms with van der Waals surface area (Å²) in [5, 5.41) is 9.76. The van der Waals surface area contributed by atoms with E-state index in [0.717, 1.165) is 51.4 Å². The summed E-state index contributed by atoms with van der Waals surface area (Å²) in [7, 11) is 3.73. The Labute approximate surface area is 351 Å². The van der Waals surface area contributed by atoms with Crippen LogP contribution in [0.25, 0.3) is 10.9 Å². The maximum absolute atomic E-state index is 15.3. The lowest BCUT2D eigenvalue weighted by atomic mass is 10.0. The zero-order chi connectivity index (χ0) is 43.1. The van der Waals surface area contributed by atoms with Crippen molar-refractivity contribution >= 4 is 40.8 Å². The van der Waals surface area contributed by atoms with Crippen molar-refractivity contribution in [2.75, 3.05) is 57.7 Å². The summed E-state index contributed by atoms with van der Waals surface area (Å²) >= 11 is 0. The van der Waals surface area contributed by atoms with Gasteiger partial charge in [-0.25, -0.2) is 8.78 Å². The first-order valence-electron chi connectivity index (χ1n) is 20.6. The molecule has 1 aromatic heterocycles. The highest BCUT2D eigenvalue weighted by atomic mass is 19.1. The summed E-state index contributed by atoms with van der Waals surface area (Å²) in [5.74, 6) is -0.799. The zero-order valence-electron chi connectivity index (χ0n) is 35.3. The average molecular weight is 829 g/mol. The van der Waals surface area contributed by atoms with E-state index in [1.165, 1.54) is 42.8 Å². The average Bonchev–Trinajstić information content (AvgIpc) is 4.19. The summed E-state index contributed by atoms with van der Waals surface area (Å²) < 4.78 is 51.5. The molecule has 3 fully saturated rings. The Bertz CT molecular complexity index is 2080. The second kappa shape index (κ2) is 21.7. The van der Waals surface area contributed by atoms with Crippen molar-refractivity contribution in [3.8, 4) is 23.0 Å². The van der Waals surface area contributed by atoms with Gasteiger partial charge in [0.1, 0.15) is 23.6 Å². The second-order valence-electron chi connectivity index (χ2n) is 15.3. The third kappa shape index (κ3) is 12.5. The van der Waals surface area contributed by atoms with Crippen LogP contribution in [0.15, 0.2) is 84.1 Å². The molecule has 1 aliphatic heterocycles. The second-order valence-corrected chi connectivity index (χ2v) is 15.3. The Morgan fingerprint density at radius 1 is 0.900 bits per heavy atom. The molecule has 2 saturated carbocycles. The van der Waals surface area contributed by atoms with Crippen molar-refractivity contribution in [1.29, 1.82) is 0 Å². The van der Waals surface area contributed by atoms with Crippen LogP contribution in [0.1, 0.15) is 65.7 Å². The number of carbonyl (C=O) groups excluding carboxylic acids is 2. The Morgan fingerprint density at radius 2 is 1.57 bits per heavy atom. The Hall–Kier alpha value is -5.44. The summed E-state index contributed by atoms with van der Waals surface area (Å²) in [5.41, 5.74) is -0.153. The third-order valence-corrected chi connectivity index (χ3v) is 10.3. The molecule has 7 rings (SSSR count). The molecule has 0 atom stereocenters. The van der Waals surface area contributed by atoms with Crippen molar-refractivity contribution < 1.29 is 37.3 Å². The van der Waals surface area contributed by atoms with Crippen molar-refractivity contribution in [3.05, 3.63) is 90.8 Å². The number of fused-ring (bicyclic) bond motifs is 1. The predicted octanol–water partition coefficient (Wildman–Crippen LogP) is 8.92. The number of amides is 2. The maximum atomic E-state index is 15.3. The van der Waals surface area contributed by atoms with Crippen LogP contribution >= 0.6 is 0 Å². The smallest absolute Gasteiger partial charge is 0.240 e. The van der Waals surface area contributed by atoms with E-state index in [-0.39, 0.29) is 17.0 Å². The number of halogens is 2. The van der Waals surface area contributed by atoms with Crippen molar-refractivity contribution in [2.45, 2.75) is 77.3 Å². The molecule has 3 aliphatic rings. The molecule has 3 N–H and O–H groups in total. The van der Waals surface area contributed by atoms with Crippen LogP contribution in [0.3, 0.4) is 0 Å². The van der Waals surface area contributed by atoms with Crippen molar-refractivity contribution in [3.63, 3.8) is 0 Å². The summed E-state index contributed by atoms with van der Waals surface area (Å²) in [6, 6.07) is 15.1. The normalized spacial score (nSPS) is 16.4. The number of piperidine rings is 1. The number of nitrogens with zero attached hydrogens (tertiary/aromatic N) is 3. The molecule has 0 bridgehead atoms. The largest absolute Gasteiger partial charge is 0.493 e. The number of carbonyl (C=O) groups is 2. The Morgan fingerprint density at radius 3 is 2.17 bits per heavy atom. The highest BCUT2D eigenvalue weighted by Crippen LogP contribution is 2.48. The van der Waals surface area contributed by atoms with Crippen molar-refractivity contribution in [1.82, 2.24) is 15.2 Å². The van der Waals surface area contributed by atoms with E-state index < -0.39 is 28.9 Å². The molecule has 0 unspecified atom stereocenters. The number of hydrogen-bond donors (Lipinski definition) is 3. The van der Waals surface area contributed by atoms with Crippen LogP contribution in [0, 0.1) is 17.0 Å². The topological polar surface area (TPSA) is 136 Å². The van der Waals surface area contributed by atoms with E-state index in [1.807, 2.05) is 19.1 Å². The number of likely N-dealkylation sites (tertiary alicyclic amines) is 1. The third-order valence-electron chi connectivity index (χ3n) is 10.3. The Kier molecular flexibility index (Phi) is 16.5. The van der Waals surface area contributed by atoms with Crippen LogP contribution in [0.2, 0.25) is 0 Å². The van der Waals surface area contributed by atoms with E-state index in [4.69, 9.17) is 18.9 Å². The molecule has 2 aliphatic carbocycles. The summed E-state index contributed by atoms with van der Waals surface area (Å²) in [4.78, 5) is 36.3. The molecule has 2 amide bonds. The van der Waals surface area contributed by atoms with Crippen LogP contribution in [-0.2, 0) is 14.3 Å². The number of methoxy groups -OCH3 is 1. The standard InChI is InChI=1S/C37H39F2N5O5.C6H11NO.C3H8/c1-44-17-10-25(11-18-44)43-36(12-13-36)22-48-33-21-29-27(20-32(33)47-2)30(9-16-40-29)49-31-8-7-26(19-28(31)39)42-35(46)37(14-15-37)34(45)41-24-5-3-23(38)4-6-24;1-3-8-6-4-5-7-2;1-3-2/h3-9,16,19-21,25,43H,10-15,17-18,22H2,1-2H3,(H,41,45)(H,42,46);4-5H,2-3,6H2,1H3;3H2,1-2H3/b;5-4+;. The fourth-order valence-electron chi connectivity index (χ4n) is 6.57. The maximum Gasteiger partial charge on any atom is 0.240 e. The molecule has 14 heteroatoms. The Balaban J connectivity index is 0.000000551. The van der Waals surface area contributed by atoms with Gasteiger partial charge in [-0.2, -0.15) is 0 Å². The monoisotopic (exact) mass is 828 g/mol. The minimum Gasteiger partial charge on any atom is -0.493 e. The van der Waals surface area contributed by atoms with E-state index >= 15 is 4.39 Å². The lowest BCUT2D eigenvalue weighted by Crippen LogP contribution is -2.48. The molecule has 12 nitrogen and oxygen atoms in total. The number of rotatable bonds is 16. The highest BCUT2D eigenvalue weighted by Gasteiger charge is 2.56. The van der Waals surface area contributed by atoms with Crippen LogP contribution in [-0.4, -0.2) is 87.1 Å². The molecule has 322 valence electrons. The van der Waals surface area contributed by atoms with Crippen LogP contribution in [0.4, 0.5) is 20.2 Å². The zero-order valence-corrected chi connectivity index (χ0v) is 35.3. The summed E-state index contributed by atoms with van der Waals surface area (Å²) in [6.45, 7) is 13.6. The van der Waals surface area contributed by atoms with Gasteiger partial charge in [-0.05, 0) is 127 Å². The lowest BCUT2D eigenvalue weighted by Gasteiger charge is -2.32.